The lowest BCUT2D eigenvalue weighted by Gasteiger charge is -2.33. The molecule has 1 unspecified atom stereocenters. The highest BCUT2D eigenvalue weighted by Gasteiger charge is 2.26. The van der Waals surface area contributed by atoms with E-state index in [0.29, 0.717) is 19.7 Å². The van der Waals surface area contributed by atoms with E-state index in [0.717, 1.165) is 14.9 Å². The number of hydrogen-bond acceptors (Lipinski definition) is 3. The maximum Gasteiger partial charge on any atom is 0.264 e. The summed E-state index contributed by atoms with van der Waals surface area (Å²) in [5, 5.41) is 1.93. The second kappa shape index (κ2) is 6.08. The molecule has 0 aliphatic carbocycles. The lowest BCUT2D eigenvalue weighted by atomic mass is 10.1. The molecule has 5 heteroatoms. The minimum Gasteiger partial charge on any atom is -0.370 e. The van der Waals surface area contributed by atoms with Gasteiger partial charge in [-0.05, 0) is 29.1 Å². The van der Waals surface area contributed by atoms with Crippen LogP contribution >= 0.6 is 27.3 Å². The zero-order chi connectivity index (χ0) is 13.9. The van der Waals surface area contributed by atoms with E-state index in [2.05, 4.69) is 15.9 Å². The van der Waals surface area contributed by atoms with Gasteiger partial charge in [0.15, 0.2) is 0 Å². The van der Waals surface area contributed by atoms with Crippen molar-refractivity contribution in [3.63, 3.8) is 0 Å². The first kappa shape index (κ1) is 13.8. The monoisotopic (exact) mass is 351 g/mol. The third kappa shape index (κ3) is 2.95. The minimum atomic E-state index is -0.0508. The van der Waals surface area contributed by atoms with Crippen molar-refractivity contribution in [2.24, 2.45) is 0 Å². The van der Waals surface area contributed by atoms with Gasteiger partial charge in [-0.15, -0.1) is 11.3 Å². The topological polar surface area (TPSA) is 29.5 Å². The first-order valence-electron chi connectivity index (χ1n) is 6.44. The summed E-state index contributed by atoms with van der Waals surface area (Å²) in [6, 6.07) is 11.8. The number of halogens is 1. The van der Waals surface area contributed by atoms with Gasteiger partial charge in [-0.2, -0.15) is 0 Å². The van der Waals surface area contributed by atoms with Crippen molar-refractivity contribution in [2.75, 3.05) is 19.7 Å². The average Bonchev–Trinajstić information content (AvgIpc) is 3.01. The van der Waals surface area contributed by atoms with E-state index >= 15 is 0 Å². The van der Waals surface area contributed by atoms with Crippen molar-refractivity contribution in [3.8, 4) is 0 Å². The molecule has 1 aromatic heterocycles. The molecular formula is C15H14BrNO2S. The summed E-state index contributed by atoms with van der Waals surface area (Å²) in [4.78, 5) is 15.0. The molecule has 0 bridgehead atoms. The molecule has 20 heavy (non-hydrogen) atoms. The van der Waals surface area contributed by atoms with Gasteiger partial charge in [0, 0.05) is 11.0 Å². The van der Waals surface area contributed by atoms with E-state index in [1.165, 1.54) is 11.3 Å². The van der Waals surface area contributed by atoms with Gasteiger partial charge in [0.1, 0.15) is 6.10 Å². The number of nitrogens with zero attached hydrogens (tertiary/aromatic N) is 1. The molecule has 3 rings (SSSR count). The molecule has 1 aliphatic heterocycles. The molecule has 0 saturated carbocycles. The van der Waals surface area contributed by atoms with Crippen LogP contribution in [0.4, 0.5) is 0 Å². The van der Waals surface area contributed by atoms with Crippen LogP contribution in [-0.2, 0) is 4.74 Å². The number of benzene rings is 1. The largest absolute Gasteiger partial charge is 0.370 e. The standard InChI is InChI=1S/C15H14BrNO2S/c16-12-4-1-3-11(9-12)13-10-17(6-7-19-13)15(18)14-5-2-8-20-14/h1-5,8-9,13H,6-7,10H2. The molecule has 104 valence electrons. The smallest absolute Gasteiger partial charge is 0.264 e. The van der Waals surface area contributed by atoms with Crippen LogP contribution in [0.5, 0.6) is 0 Å². The summed E-state index contributed by atoms with van der Waals surface area (Å²) in [6.07, 6.45) is -0.0508. The normalized spacial score (nSPS) is 19.1. The Morgan fingerprint density at radius 2 is 2.25 bits per heavy atom. The van der Waals surface area contributed by atoms with Gasteiger partial charge >= 0.3 is 0 Å². The molecule has 2 heterocycles. The molecule has 2 aromatic rings. The molecule has 1 atom stereocenters. The lowest BCUT2D eigenvalue weighted by molar-refractivity contribution is -0.0226. The van der Waals surface area contributed by atoms with Gasteiger partial charge in [0.2, 0.25) is 0 Å². The minimum absolute atomic E-state index is 0.0508. The second-order valence-corrected chi connectivity index (χ2v) is 6.51. The summed E-state index contributed by atoms with van der Waals surface area (Å²) < 4.78 is 6.83. The van der Waals surface area contributed by atoms with E-state index < -0.39 is 0 Å². The number of ether oxygens (including phenoxy) is 1. The molecule has 0 radical (unpaired) electrons. The van der Waals surface area contributed by atoms with Crippen LogP contribution < -0.4 is 0 Å². The number of rotatable bonds is 2. The van der Waals surface area contributed by atoms with Gasteiger partial charge in [0.05, 0.1) is 18.0 Å². The molecule has 1 amide bonds. The Hall–Kier alpha value is -1.17. The van der Waals surface area contributed by atoms with E-state index in [1.807, 2.05) is 46.7 Å². The fraction of sp³-hybridized carbons (Fsp3) is 0.267. The average molecular weight is 352 g/mol. The predicted octanol–water partition coefficient (Wildman–Crippen LogP) is 3.72. The van der Waals surface area contributed by atoms with E-state index in [1.54, 1.807) is 0 Å². The lowest BCUT2D eigenvalue weighted by Crippen LogP contribution is -2.42. The van der Waals surface area contributed by atoms with Gasteiger partial charge in [0.25, 0.3) is 5.91 Å². The van der Waals surface area contributed by atoms with Crippen molar-refractivity contribution in [1.82, 2.24) is 4.90 Å². The maximum absolute atomic E-state index is 12.4. The Balaban J connectivity index is 1.75. The van der Waals surface area contributed by atoms with Crippen LogP contribution in [-0.4, -0.2) is 30.5 Å². The predicted molar refractivity (Wildman–Crippen MR) is 83.1 cm³/mol. The quantitative estimate of drug-likeness (QED) is 0.824. The molecule has 3 nitrogen and oxygen atoms in total. The first-order chi connectivity index (χ1) is 9.74. The fourth-order valence-corrected chi connectivity index (χ4v) is 3.41. The SMILES string of the molecule is O=C(c1cccs1)N1CCOC(c2cccc(Br)c2)C1. The van der Waals surface area contributed by atoms with Crippen molar-refractivity contribution in [2.45, 2.75) is 6.10 Å². The van der Waals surface area contributed by atoms with Crippen LogP contribution in [0.15, 0.2) is 46.3 Å². The van der Waals surface area contributed by atoms with Gasteiger partial charge in [-0.25, -0.2) is 0 Å². The zero-order valence-corrected chi connectivity index (χ0v) is 13.2. The number of morpholine rings is 1. The Labute approximate surface area is 130 Å². The fourth-order valence-electron chi connectivity index (χ4n) is 2.30. The van der Waals surface area contributed by atoms with Crippen LogP contribution in [0.2, 0.25) is 0 Å². The number of carbonyl (C=O) groups is 1. The highest BCUT2D eigenvalue weighted by atomic mass is 79.9. The van der Waals surface area contributed by atoms with E-state index in [9.17, 15) is 4.79 Å². The number of carbonyl (C=O) groups excluding carboxylic acids is 1. The van der Waals surface area contributed by atoms with Crippen LogP contribution in [0.1, 0.15) is 21.3 Å². The van der Waals surface area contributed by atoms with Crippen LogP contribution in [0.3, 0.4) is 0 Å². The molecule has 1 aromatic carbocycles. The molecule has 0 N–H and O–H groups in total. The second-order valence-electron chi connectivity index (χ2n) is 4.64. The van der Waals surface area contributed by atoms with Crippen molar-refractivity contribution >= 4 is 33.2 Å². The third-order valence-corrected chi connectivity index (χ3v) is 4.66. The Kier molecular flexibility index (Phi) is 4.19. The third-order valence-electron chi connectivity index (χ3n) is 3.31. The van der Waals surface area contributed by atoms with Crippen molar-refractivity contribution in [1.29, 1.82) is 0 Å². The maximum atomic E-state index is 12.4. The summed E-state index contributed by atoms with van der Waals surface area (Å²) in [5.41, 5.74) is 1.10. The molecule has 1 fully saturated rings. The van der Waals surface area contributed by atoms with Crippen molar-refractivity contribution in [3.05, 3.63) is 56.7 Å². The number of amides is 1. The number of hydrogen-bond donors (Lipinski definition) is 0. The van der Waals surface area contributed by atoms with Gasteiger partial charge in [-0.1, -0.05) is 34.1 Å². The highest BCUT2D eigenvalue weighted by molar-refractivity contribution is 9.10. The van der Waals surface area contributed by atoms with E-state index in [-0.39, 0.29) is 12.0 Å². The summed E-state index contributed by atoms with van der Waals surface area (Å²) in [6.45, 7) is 1.84. The van der Waals surface area contributed by atoms with Crippen LogP contribution in [0.25, 0.3) is 0 Å². The molecule has 1 aliphatic rings. The van der Waals surface area contributed by atoms with Gasteiger partial charge in [-0.3, -0.25) is 4.79 Å². The zero-order valence-electron chi connectivity index (χ0n) is 10.8. The van der Waals surface area contributed by atoms with E-state index in [4.69, 9.17) is 4.74 Å². The van der Waals surface area contributed by atoms with Crippen LogP contribution in [0, 0.1) is 0 Å². The summed E-state index contributed by atoms with van der Waals surface area (Å²) in [5.74, 6) is 0.100. The molecular weight excluding hydrogens is 338 g/mol. The number of thiophene rings is 1. The Bertz CT molecular complexity index is 600. The summed E-state index contributed by atoms with van der Waals surface area (Å²) in [7, 11) is 0. The Morgan fingerprint density at radius 3 is 3.00 bits per heavy atom. The van der Waals surface area contributed by atoms with Gasteiger partial charge < -0.3 is 9.64 Å². The van der Waals surface area contributed by atoms with Crippen molar-refractivity contribution < 1.29 is 9.53 Å². The summed E-state index contributed by atoms with van der Waals surface area (Å²) >= 11 is 4.95. The highest BCUT2D eigenvalue weighted by Crippen LogP contribution is 2.26. The first-order valence-corrected chi connectivity index (χ1v) is 8.11. The molecule has 1 saturated heterocycles. The molecule has 0 spiro atoms. The Morgan fingerprint density at radius 1 is 1.35 bits per heavy atom.